The molecule has 0 spiro atoms. The highest BCUT2D eigenvalue weighted by Crippen LogP contribution is 2.35. The number of ether oxygens (including phenoxy) is 4. The molecule has 23 heavy (non-hydrogen) atoms. The summed E-state index contributed by atoms with van der Waals surface area (Å²) in [5.74, 6) is -0.945. The third-order valence-corrected chi connectivity index (χ3v) is 3.75. The van der Waals surface area contributed by atoms with Crippen molar-refractivity contribution in [2.75, 3.05) is 39.6 Å². The molecule has 0 unspecified atom stereocenters. The summed E-state index contributed by atoms with van der Waals surface area (Å²) in [6.07, 6.45) is 0. The number of rotatable bonds is 2. The molecule has 0 radical (unpaired) electrons. The fourth-order valence-corrected chi connectivity index (χ4v) is 2.67. The van der Waals surface area contributed by atoms with Crippen LogP contribution in [0.4, 0.5) is 0 Å². The Balaban J connectivity index is 1.97. The molecule has 0 atom stereocenters. The molecular formula is C19H22O4. The highest BCUT2D eigenvalue weighted by atomic mass is 16.7. The lowest BCUT2D eigenvalue weighted by molar-refractivity contribution is -0.224. The van der Waals surface area contributed by atoms with E-state index in [4.69, 9.17) is 18.9 Å². The van der Waals surface area contributed by atoms with Gasteiger partial charge in [-0.05, 0) is 0 Å². The smallest absolute Gasteiger partial charge is 0.222 e. The highest BCUT2D eigenvalue weighted by Gasteiger charge is 2.36. The van der Waals surface area contributed by atoms with E-state index >= 15 is 0 Å². The van der Waals surface area contributed by atoms with E-state index in [1.165, 1.54) is 0 Å². The van der Waals surface area contributed by atoms with E-state index < -0.39 is 5.79 Å². The van der Waals surface area contributed by atoms with Crippen molar-refractivity contribution in [1.29, 1.82) is 0 Å². The van der Waals surface area contributed by atoms with E-state index in [2.05, 4.69) is 0 Å². The molecule has 0 aromatic heterocycles. The van der Waals surface area contributed by atoms with Crippen molar-refractivity contribution in [2.45, 2.75) is 5.79 Å². The molecular weight excluding hydrogens is 292 g/mol. The van der Waals surface area contributed by atoms with Crippen molar-refractivity contribution in [3.05, 3.63) is 71.8 Å². The molecule has 0 aliphatic carbocycles. The normalized spacial score (nSPS) is 19.7. The first-order valence-electron chi connectivity index (χ1n) is 7.96. The Morgan fingerprint density at radius 2 is 0.913 bits per heavy atom. The van der Waals surface area contributed by atoms with E-state index in [0.717, 1.165) is 11.1 Å². The topological polar surface area (TPSA) is 36.9 Å². The summed E-state index contributed by atoms with van der Waals surface area (Å²) in [6, 6.07) is 20.0. The summed E-state index contributed by atoms with van der Waals surface area (Å²) in [5, 5.41) is 0. The van der Waals surface area contributed by atoms with E-state index in [-0.39, 0.29) is 0 Å². The van der Waals surface area contributed by atoms with Crippen molar-refractivity contribution >= 4 is 0 Å². The van der Waals surface area contributed by atoms with E-state index in [0.29, 0.717) is 39.6 Å². The molecule has 0 N–H and O–H groups in total. The Morgan fingerprint density at radius 3 is 1.35 bits per heavy atom. The lowest BCUT2D eigenvalue weighted by Gasteiger charge is -2.34. The summed E-state index contributed by atoms with van der Waals surface area (Å²) in [4.78, 5) is 0. The Kier molecular flexibility index (Phi) is 5.77. The minimum Gasteiger partial charge on any atom is -0.377 e. The van der Waals surface area contributed by atoms with Gasteiger partial charge < -0.3 is 18.9 Å². The second-order valence-corrected chi connectivity index (χ2v) is 5.27. The van der Waals surface area contributed by atoms with Crippen LogP contribution >= 0.6 is 0 Å². The first-order valence-corrected chi connectivity index (χ1v) is 7.96. The van der Waals surface area contributed by atoms with E-state index in [1.807, 2.05) is 60.7 Å². The summed E-state index contributed by atoms with van der Waals surface area (Å²) >= 11 is 0. The van der Waals surface area contributed by atoms with Gasteiger partial charge in [0.1, 0.15) is 0 Å². The highest BCUT2D eigenvalue weighted by molar-refractivity contribution is 5.33. The summed E-state index contributed by atoms with van der Waals surface area (Å²) < 4.78 is 23.5. The van der Waals surface area contributed by atoms with Crippen LogP contribution in [0, 0.1) is 0 Å². The molecule has 2 aromatic carbocycles. The third-order valence-electron chi connectivity index (χ3n) is 3.75. The molecule has 1 aliphatic rings. The largest absolute Gasteiger partial charge is 0.377 e. The van der Waals surface area contributed by atoms with Gasteiger partial charge in [-0.3, -0.25) is 0 Å². The Labute approximate surface area is 136 Å². The fraction of sp³-hybridized carbons (Fsp3) is 0.368. The predicted molar refractivity (Wildman–Crippen MR) is 87.2 cm³/mol. The lowest BCUT2D eigenvalue weighted by atomic mass is 9.97. The predicted octanol–water partition coefficient (Wildman–Crippen LogP) is 2.97. The van der Waals surface area contributed by atoms with Crippen LogP contribution in [-0.4, -0.2) is 39.6 Å². The minimum absolute atomic E-state index is 0.448. The molecule has 4 nitrogen and oxygen atoms in total. The quantitative estimate of drug-likeness (QED) is 0.854. The van der Waals surface area contributed by atoms with Gasteiger partial charge in [0, 0.05) is 11.1 Å². The van der Waals surface area contributed by atoms with Gasteiger partial charge in [0.05, 0.1) is 39.6 Å². The molecule has 1 aliphatic heterocycles. The summed E-state index contributed by atoms with van der Waals surface area (Å²) in [5.41, 5.74) is 1.93. The Morgan fingerprint density at radius 1 is 0.522 bits per heavy atom. The zero-order chi connectivity index (χ0) is 15.8. The van der Waals surface area contributed by atoms with Gasteiger partial charge in [-0.1, -0.05) is 60.7 Å². The molecule has 122 valence electrons. The van der Waals surface area contributed by atoms with Crippen LogP contribution in [0.5, 0.6) is 0 Å². The Hall–Kier alpha value is -1.72. The first-order chi connectivity index (χ1) is 11.4. The van der Waals surface area contributed by atoms with Crippen LogP contribution in [0.3, 0.4) is 0 Å². The van der Waals surface area contributed by atoms with Gasteiger partial charge in [0.25, 0.3) is 0 Å². The molecule has 0 amide bonds. The average Bonchev–Trinajstić information content (AvgIpc) is 2.68. The second kappa shape index (κ2) is 8.22. The fourth-order valence-electron chi connectivity index (χ4n) is 2.67. The van der Waals surface area contributed by atoms with Gasteiger partial charge >= 0.3 is 0 Å². The molecule has 4 heteroatoms. The van der Waals surface area contributed by atoms with Crippen molar-refractivity contribution in [3.8, 4) is 0 Å². The Bertz CT molecular complexity index is 517. The van der Waals surface area contributed by atoms with Crippen LogP contribution in [0.15, 0.2) is 60.7 Å². The van der Waals surface area contributed by atoms with Crippen LogP contribution < -0.4 is 0 Å². The van der Waals surface area contributed by atoms with Crippen molar-refractivity contribution in [1.82, 2.24) is 0 Å². The van der Waals surface area contributed by atoms with Crippen molar-refractivity contribution in [2.24, 2.45) is 0 Å². The van der Waals surface area contributed by atoms with Crippen LogP contribution in [-0.2, 0) is 24.7 Å². The molecule has 1 heterocycles. The molecule has 3 rings (SSSR count). The van der Waals surface area contributed by atoms with Gasteiger partial charge in [-0.25, -0.2) is 0 Å². The van der Waals surface area contributed by atoms with Crippen LogP contribution in [0.1, 0.15) is 11.1 Å². The minimum atomic E-state index is -0.945. The van der Waals surface area contributed by atoms with Crippen LogP contribution in [0.2, 0.25) is 0 Å². The lowest BCUT2D eigenvalue weighted by Crippen LogP contribution is -2.36. The number of hydrogen-bond acceptors (Lipinski definition) is 4. The van der Waals surface area contributed by atoms with Gasteiger partial charge in [0.2, 0.25) is 5.79 Å². The molecule has 0 bridgehead atoms. The standard InChI is InChI=1S/C19H22O4/c1-3-7-17(8-4-1)19(18-9-5-2-6-10-18)22-15-13-20-11-12-21-14-16-23-19/h1-10H,11-16H2. The first kappa shape index (κ1) is 16.1. The molecule has 1 fully saturated rings. The summed E-state index contributed by atoms with van der Waals surface area (Å²) in [7, 11) is 0. The zero-order valence-electron chi connectivity index (χ0n) is 13.1. The van der Waals surface area contributed by atoms with E-state index in [9.17, 15) is 0 Å². The maximum absolute atomic E-state index is 6.23. The summed E-state index contributed by atoms with van der Waals surface area (Å²) in [6.45, 7) is 3.07. The number of benzene rings is 2. The molecule has 2 aromatic rings. The van der Waals surface area contributed by atoms with Gasteiger partial charge in [-0.15, -0.1) is 0 Å². The van der Waals surface area contributed by atoms with Crippen molar-refractivity contribution in [3.63, 3.8) is 0 Å². The van der Waals surface area contributed by atoms with Gasteiger partial charge in [0.15, 0.2) is 0 Å². The van der Waals surface area contributed by atoms with Crippen LogP contribution in [0.25, 0.3) is 0 Å². The van der Waals surface area contributed by atoms with Crippen molar-refractivity contribution < 1.29 is 18.9 Å². The third kappa shape index (κ3) is 3.98. The number of hydrogen-bond donors (Lipinski definition) is 0. The zero-order valence-corrected chi connectivity index (χ0v) is 13.1. The van der Waals surface area contributed by atoms with Gasteiger partial charge in [-0.2, -0.15) is 0 Å². The maximum Gasteiger partial charge on any atom is 0.222 e. The molecule has 0 saturated carbocycles. The maximum atomic E-state index is 6.23. The SMILES string of the molecule is c1ccc(C2(c3ccccc3)OCCOCCOCCO2)cc1. The molecule has 1 saturated heterocycles. The monoisotopic (exact) mass is 314 g/mol. The average molecular weight is 314 g/mol. The second-order valence-electron chi connectivity index (χ2n) is 5.27. The van der Waals surface area contributed by atoms with E-state index in [1.54, 1.807) is 0 Å².